The van der Waals surface area contributed by atoms with Crippen LogP contribution >= 0.6 is 0 Å². The SMILES string of the molecule is CN[C@H](C(=O)N[C@H](C(=O)N(C)[C@H](/C=C(\C)C(=O)N[C@@H](CCC(=O)O)C(=O)OC(C)(C)C)C(C)C)C(C)(C)C)C(C)(C)c1ccccc1. The van der Waals surface area contributed by atoms with Gasteiger partial charge in [-0.05, 0) is 58.1 Å². The number of aliphatic carboxylic acids is 1. The second-order valence-corrected chi connectivity index (χ2v) is 15.1. The molecule has 1 rings (SSSR count). The topological polar surface area (TPSA) is 154 Å². The summed E-state index contributed by atoms with van der Waals surface area (Å²) in [6.45, 7) is 20.0. The summed E-state index contributed by atoms with van der Waals surface area (Å²) in [5.41, 5.74) is -0.862. The van der Waals surface area contributed by atoms with E-state index in [1.54, 1.807) is 47.9 Å². The summed E-state index contributed by atoms with van der Waals surface area (Å²) in [5, 5.41) is 17.9. The molecule has 264 valence electrons. The van der Waals surface area contributed by atoms with Gasteiger partial charge < -0.3 is 30.7 Å². The van der Waals surface area contributed by atoms with Crippen LogP contribution in [0, 0.1) is 11.3 Å². The lowest BCUT2D eigenvalue weighted by Crippen LogP contribution is -2.61. The average molecular weight is 659 g/mol. The maximum absolute atomic E-state index is 14.1. The zero-order valence-electron chi connectivity index (χ0n) is 30.6. The summed E-state index contributed by atoms with van der Waals surface area (Å²) in [6.07, 6.45) is 1.17. The first-order valence-electron chi connectivity index (χ1n) is 16.2. The number of nitrogens with one attached hydrogen (secondary N) is 3. The smallest absolute Gasteiger partial charge is 0.329 e. The van der Waals surface area contributed by atoms with Gasteiger partial charge in [-0.15, -0.1) is 0 Å². The van der Waals surface area contributed by atoms with Crippen LogP contribution in [0.4, 0.5) is 0 Å². The molecule has 1 aromatic rings. The number of amides is 3. The zero-order valence-corrected chi connectivity index (χ0v) is 30.6. The number of ether oxygens (including phenoxy) is 1. The molecule has 11 nitrogen and oxygen atoms in total. The molecule has 0 aliphatic heterocycles. The first kappa shape index (κ1) is 41.3. The molecule has 0 aliphatic carbocycles. The molecule has 11 heteroatoms. The Balaban J connectivity index is 3.32. The highest BCUT2D eigenvalue weighted by atomic mass is 16.6. The number of rotatable bonds is 15. The van der Waals surface area contributed by atoms with Gasteiger partial charge in [0, 0.05) is 24.5 Å². The van der Waals surface area contributed by atoms with Crippen LogP contribution in [0.15, 0.2) is 42.0 Å². The molecule has 0 aromatic heterocycles. The van der Waals surface area contributed by atoms with Gasteiger partial charge in [0.25, 0.3) is 0 Å². The maximum atomic E-state index is 14.1. The lowest BCUT2D eigenvalue weighted by atomic mass is 9.76. The minimum atomic E-state index is -1.17. The van der Waals surface area contributed by atoms with Gasteiger partial charge in [0.1, 0.15) is 17.7 Å². The molecule has 1 aromatic carbocycles. The minimum Gasteiger partial charge on any atom is -0.481 e. The normalized spacial score (nSPS) is 15.2. The number of carboxylic acids is 1. The maximum Gasteiger partial charge on any atom is 0.329 e. The molecular weight excluding hydrogens is 600 g/mol. The molecule has 0 fully saturated rings. The van der Waals surface area contributed by atoms with E-state index in [1.807, 2.05) is 78.8 Å². The summed E-state index contributed by atoms with van der Waals surface area (Å²) >= 11 is 0. The van der Waals surface area contributed by atoms with Crippen molar-refractivity contribution in [3.63, 3.8) is 0 Å². The molecule has 0 spiro atoms. The third-order valence-corrected chi connectivity index (χ3v) is 8.09. The van der Waals surface area contributed by atoms with Crippen molar-refractivity contribution in [2.24, 2.45) is 11.3 Å². The molecule has 0 radical (unpaired) electrons. The first-order chi connectivity index (χ1) is 21.4. The minimum absolute atomic E-state index is 0.126. The van der Waals surface area contributed by atoms with Gasteiger partial charge in [0.05, 0.1) is 12.1 Å². The van der Waals surface area contributed by atoms with Gasteiger partial charge in [-0.25, -0.2) is 4.79 Å². The Hall–Kier alpha value is -3.73. The zero-order chi connectivity index (χ0) is 36.5. The fraction of sp³-hybridized carbons (Fsp3) is 0.639. The lowest BCUT2D eigenvalue weighted by molar-refractivity contribution is -0.158. The van der Waals surface area contributed by atoms with Crippen LogP contribution in [0.1, 0.15) is 94.6 Å². The summed E-state index contributed by atoms with van der Waals surface area (Å²) in [5.74, 6) is -3.19. The van der Waals surface area contributed by atoms with Crippen LogP contribution in [0.25, 0.3) is 0 Å². The van der Waals surface area contributed by atoms with Crippen LogP contribution in [0.3, 0.4) is 0 Å². The van der Waals surface area contributed by atoms with Crippen LogP contribution in [0.2, 0.25) is 0 Å². The van der Waals surface area contributed by atoms with Crippen LogP contribution in [0.5, 0.6) is 0 Å². The van der Waals surface area contributed by atoms with E-state index in [0.29, 0.717) is 0 Å². The van der Waals surface area contributed by atoms with Crippen molar-refractivity contribution in [2.75, 3.05) is 14.1 Å². The Morgan fingerprint density at radius 1 is 0.915 bits per heavy atom. The summed E-state index contributed by atoms with van der Waals surface area (Å²) < 4.78 is 5.40. The molecule has 0 aliphatic rings. The van der Waals surface area contributed by atoms with Gasteiger partial charge in [-0.2, -0.15) is 0 Å². The van der Waals surface area contributed by atoms with Crippen LogP contribution in [-0.4, -0.2) is 83.5 Å². The van der Waals surface area contributed by atoms with E-state index in [4.69, 9.17) is 9.84 Å². The van der Waals surface area contributed by atoms with Gasteiger partial charge >= 0.3 is 11.9 Å². The van der Waals surface area contributed by atoms with E-state index < -0.39 is 58.4 Å². The van der Waals surface area contributed by atoms with Crippen molar-refractivity contribution in [3.05, 3.63) is 47.5 Å². The first-order valence-corrected chi connectivity index (χ1v) is 16.2. The molecule has 47 heavy (non-hydrogen) atoms. The standard InChI is InChI=1S/C36H58N4O7/c1-22(2)26(21-23(3)30(43)38-25(19-20-27(41)42)33(46)47-35(7,8)9)40(13)32(45)29(34(4,5)6)39-31(44)28(37-12)36(10,11)24-17-15-14-16-18-24/h14-18,21-22,25-26,28-29,37H,19-20H2,1-13H3,(H,38,43)(H,39,44)(H,41,42)/b23-21+/t25-,26+,28+,29+/m0/s1. The molecule has 0 heterocycles. The molecule has 0 unspecified atom stereocenters. The quantitative estimate of drug-likeness (QED) is 0.162. The monoisotopic (exact) mass is 658 g/mol. The van der Waals surface area contributed by atoms with E-state index in [-0.39, 0.29) is 36.1 Å². The Morgan fingerprint density at radius 2 is 1.47 bits per heavy atom. The lowest BCUT2D eigenvalue weighted by Gasteiger charge is -2.40. The van der Waals surface area contributed by atoms with E-state index in [0.717, 1.165) is 5.56 Å². The van der Waals surface area contributed by atoms with Crippen molar-refractivity contribution in [3.8, 4) is 0 Å². The Labute approximate surface area is 281 Å². The number of esters is 1. The van der Waals surface area contributed by atoms with Crippen LogP contribution < -0.4 is 16.0 Å². The highest BCUT2D eigenvalue weighted by Gasteiger charge is 2.41. The van der Waals surface area contributed by atoms with Crippen molar-refractivity contribution in [1.29, 1.82) is 0 Å². The van der Waals surface area contributed by atoms with Crippen molar-refractivity contribution >= 4 is 29.7 Å². The summed E-state index contributed by atoms with van der Waals surface area (Å²) in [6, 6.07) is 6.46. The molecule has 0 saturated heterocycles. The number of nitrogens with zero attached hydrogens (tertiary/aromatic N) is 1. The summed E-state index contributed by atoms with van der Waals surface area (Å²) in [7, 11) is 3.36. The molecule has 0 saturated carbocycles. The number of hydrogen-bond donors (Lipinski definition) is 4. The second kappa shape index (κ2) is 16.9. The molecule has 3 amide bonds. The fourth-order valence-corrected chi connectivity index (χ4v) is 5.32. The van der Waals surface area contributed by atoms with Gasteiger partial charge in [-0.3, -0.25) is 19.2 Å². The highest BCUT2D eigenvalue weighted by Crippen LogP contribution is 2.29. The number of benzene rings is 1. The Bertz CT molecular complexity index is 1280. The van der Waals surface area contributed by atoms with E-state index in [1.165, 1.54) is 4.90 Å². The number of carboxylic acid groups (broad SMARTS) is 1. The third-order valence-electron chi connectivity index (χ3n) is 8.09. The van der Waals surface area contributed by atoms with Crippen molar-refractivity contribution < 1.29 is 33.8 Å². The number of carbonyl (C=O) groups excluding carboxylic acids is 4. The van der Waals surface area contributed by atoms with Gasteiger partial charge in [0.15, 0.2) is 0 Å². The fourth-order valence-electron chi connectivity index (χ4n) is 5.32. The largest absolute Gasteiger partial charge is 0.481 e. The number of likely N-dealkylation sites (N-methyl/N-ethyl adjacent to an activating group) is 2. The number of hydrogen-bond acceptors (Lipinski definition) is 7. The van der Waals surface area contributed by atoms with E-state index >= 15 is 0 Å². The van der Waals surface area contributed by atoms with E-state index in [2.05, 4.69) is 16.0 Å². The van der Waals surface area contributed by atoms with Crippen molar-refractivity contribution in [2.45, 2.75) is 124 Å². The summed E-state index contributed by atoms with van der Waals surface area (Å²) in [4.78, 5) is 66.8. The van der Waals surface area contributed by atoms with Crippen LogP contribution in [-0.2, 0) is 34.1 Å². The Kier molecular flexibility index (Phi) is 14.8. The van der Waals surface area contributed by atoms with Crippen molar-refractivity contribution in [1.82, 2.24) is 20.9 Å². The van der Waals surface area contributed by atoms with Gasteiger partial charge in [0.2, 0.25) is 17.7 Å². The molecular formula is C36H58N4O7. The molecule has 0 bridgehead atoms. The number of carbonyl (C=O) groups is 5. The predicted molar refractivity (Wildman–Crippen MR) is 183 cm³/mol. The highest BCUT2D eigenvalue weighted by molar-refractivity contribution is 5.96. The molecule has 4 atom stereocenters. The predicted octanol–water partition coefficient (Wildman–Crippen LogP) is 4.20. The molecule has 4 N–H and O–H groups in total. The average Bonchev–Trinajstić information content (AvgIpc) is 2.94. The van der Waals surface area contributed by atoms with Gasteiger partial charge in [-0.1, -0.05) is 84.9 Å². The van der Waals surface area contributed by atoms with E-state index in [9.17, 15) is 24.0 Å². The Morgan fingerprint density at radius 3 is 1.91 bits per heavy atom. The third kappa shape index (κ3) is 12.4. The second-order valence-electron chi connectivity index (χ2n) is 15.1.